The van der Waals surface area contributed by atoms with Crippen molar-refractivity contribution >= 4 is 6.03 Å². The molecule has 2 fully saturated rings. The van der Waals surface area contributed by atoms with Crippen LogP contribution in [0.25, 0.3) is 0 Å². The molecule has 0 atom stereocenters. The summed E-state index contributed by atoms with van der Waals surface area (Å²) in [6, 6.07) is -0.0293. The van der Waals surface area contributed by atoms with Gasteiger partial charge in [-0.15, -0.1) is 0 Å². The van der Waals surface area contributed by atoms with Gasteiger partial charge in [0.25, 0.3) is 0 Å². The van der Waals surface area contributed by atoms with Gasteiger partial charge >= 0.3 is 6.03 Å². The Bertz CT molecular complexity index is 409. The minimum atomic E-state index is -0.0293. The van der Waals surface area contributed by atoms with Crippen molar-refractivity contribution in [1.29, 1.82) is 0 Å². The number of carbonyl (C=O) groups excluding carboxylic acids is 1. The number of rotatable bonds is 0. The van der Waals surface area contributed by atoms with Crippen molar-refractivity contribution in [3.8, 4) is 0 Å². The van der Waals surface area contributed by atoms with Crippen LogP contribution in [0.5, 0.6) is 0 Å². The largest absolute Gasteiger partial charge is 0.346 e. The minimum Gasteiger partial charge on any atom is -0.317 e. The monoisotopic (exact) mass is 265 g/mol. The van der Waals surface area contributed by atoms with E-state index < -0.39 is 0 Å². The van der Waals surface area contributed by atoms with Gasteiger partial charge in [-0.05, 0) is 26.3 Å². The lowest BCUT2D eigenvalue weighted by molar-refractivity contribution is -0.0215. The molecule has 1 aromatic heterocycles. The van der Waals surface area contributed by atoms with Gasteiger partial charge in [0.15, 0.2) is 0 Å². The van der Waals surface area contributed by atoms with Crippen LogP contribution in [0.4, 0.5) is 4.79 Å². The predicted molar refractivity (Wildman–Crippen MR) is 72.9 cm³/mol. The molecule has 0 aromatic carbocycles. The average Bonchev–Trinajstić information content (AvgIpc) is 2.95. The van der Waals surface area contributed by atoms with Gasteiger partial charge < -0.3 is 9.80 Å². The van der Waals surface area contributed by atoms with Crippen LogP contribution in [0.3, 0.4) is 0 Å². The van der Waals surface area contributed by atoms with Crippen molar-refractivity contribution in [1.82, 2.24) is 24.6 Å². The van der Waals surface area contributed by atoms with E-state index in [4.69, 9.17) is 0 Å². The van der Waals surface area contributed by atoms with Crippen molar-refractivity contribution in [2.75, 3.05) is 26.7 Å². The first-order chi connectivity index (χ1) is 9.21. The normalized spacial score (nSPS) is 21.5. The molecule has 106 valence electrons. The van der Waals surface area contributed by atoms with Crippen LogP contribution in [-0.4, -0.2) is 62.8 Å². The van der Waals surface area contributed by atoms with Crippen molar-refractivity contribution in [2.45, 2.75) is 38.6 Å². The quantitative estimate of drug-likeness (QED) is 0.712. The Balaban J connectivity index is 0.000000637. The molecule has 1 amide bonds. The lowest BCUT2D eigenvalue weighted by Crippen LogP contribution is -2.66. The van der Waals surface area contributed by atoms with Crippen LogP contribution in [0.2, 0.25) is 0 Å². The zero-order valence-electron chi connectivity index (χ0n) is 12.0. The van der Waals surface area contributed by atoms with Gasteiger partial charge in [-0.3, -0.25) is 0 Å². The van der Waals surface area contributed by atoms with Crippen molar-refractivity contribution in [3.63, 3.8) is 0 Å². The topological polar surface area (TPSA) is 54.3 Å². The average molecular weight is 265 g/mol. The van der Waals surface area contributed by atoms with Crippen LogP contribution >= 0.6 is 0 Å². The van der Waals surface area contributed by atoms with Crippen LogP contribution < -0.4 is 0 Å². The zero-order chi connectivity index (χ0) is 13.9. The van der Waals surface area contributed by atoms with Crippen LogP contribution in [0.1, 0.15) is 33.1 Å². The smallest absolute Gasteiger partial charge is 0.317 e. The molecule has 0 N–H and O–H groups in total. The fraction of sp³-hybridized carbons (Fsp3) is 0.769. The first-order valence-electron chi connectivity index (χ1n) is 7.06. The number of amides is 1. The molecule has 0 unspecified atom stereocenters. The molecule has 3 rings (SSSR count). The molecular weight excluding hydrogens is 242 g/mol. The highest BCUT2D eigenvalue weighted by atomic mass is 16.2. The molecule has 6 nitrogen and oxygen atoms in total. The summed E-state index contributed by atoms with van der Waals surface area (Å²) in [5.74, 6) is 0. The molecule has 3 heterocycles. The molecule has 2 aliphatic heterocycles. The van der Waals surface area contributed by atoms with E-state index in [2.05, 4.69) is 22.0 Å². The van der Waals surface area contributed by atoms with Gasteiger partial charge in [0.2, 0.25) is 0 Å². The highest BCUT2D eigenvalue weighted by molar-refractivity contribution is 5.77. The Morgan fingerprint density at radius 1 is 1.16 bits per heavy atom. The van der Waals surface area contributed by atoms with Crippen LogP contribution in [0.15, 0.2) is 12.7 Å². The van der Waals surface area contributed by atoms with Crippen molar-refractivity contribution in [3.05, 3.63) is 12.7 Å². The van der Waals surface area contributed by atoms with Gasteiger partial charge in [-0.1, -0.05) is 13.8 Å². The maximum absolute atomic E-state index is 12.2. The molecule has 0 saturated carbocycles. The summed E-state index contributed by atoms with van der Waals surface area (Å²) in [6.07, 6.45) is 6.15. The number of likely N-dealkylation sites (tertiary alicyclic amines) is 2. The molecule has 0 bridgehead atoms. The van der Waals surface area contributed by atoms with Gasteiger partial charge in [0.05, 0.1) is 0 Å². The van der Waals surface area contributed by atoms with Gasteiger partial charge in [-0.25, -0.2) is 9.78 Å². The first-order valence-corrected chi connectivity index (χ1v) is 7.06. The van der Waals surface area contributed by atoms with E-state index in [1.54, 1.807) is 0 Å². The SMILES string of the molecule is CC.CN1CCC2(CC1)CCN2C(=O)n1cncn1. The van der Waals surface area contributed by atoms with E-state index in [0.29, 0.717) is 0 Å². The lowest BCUT2D eigenvalue weighted by atomic mass is 9.77. The maximum Gasteiger partial charge on any atom is 0.346 e. The summed E-state index contributed by atoms with van der Waals surface area (Å²) in [4.78, 5) is 20.3. The van der Waals surface area contributed by atoms with Crippen LogP contribution in [0, 0.1) is 0 Å². The summed E-state index contributed by atoms with van der Waals surface area (Å²) in [7, 11) is 2.13. The summed E-state index contributed by atoms with van der Waals surface area (Å²) in [5.41, 5.74) is 0.0928. The number of aromatic nitrogens is 3. The van der Waals surface area contributed by atoms with Crippen LogP contribution in [-0.2, 0) is 0 Å². The maximum atomic E-state index is 12.2. The molecule has 2 saturated heterocycles. The second kappa shape index (κ2) is 5.69. The number of hydrogen-bond acceptors (Lipinski definition) is 4. The van der Waals surface area contributed by atoms with E-state index in [0.717, 1.165) is 38.9 Å². The molecular formula is C13H23N5O. The number of carbonyl (C=O) groups is 1. The molecule has 0 radical (unpaired) electrons. The van der Waals surface area contributed by atoms with Crippen molar-refractivity contribution in [2.24, 2.45) is 0 Å². The van der Waals surface area contributed by atoms with E-state index in [9.17, 15) is 4.79 Å². The second-order valence-electron chi connectivity index (χ2n) is 5.05. The predicted octanol–water partition coefficient (Wildman–Crippen LogP) is 1.44. The zero-order valence-corrected chi connectivity index (χ0v) is 12.0. The molecule has 1 spiro atoms. The molecule has 19 heavy (non-hydrogen) atoms. The minimum absolute atomic E-state index is 0.0293. The second-order valence-corrected chi connectivity index (χ2v) is 5.05. The van der Waals surface area contributed by atoms with E-state index in [1.807, 2.05) is 18.7 Å². The van der Waals surface area contributed by atoms with Gasteiger partial charge in [-0.2, -0.15) is 9.78 Å². The first kappa shape index (κ1) is 14.0. The highest BCUT2D eigenvalue weighted by Crippen LogP contribution is 2.39. The summed E-state index contributed by atoms with van der Waals surface area (Å²) in [5, 5.41) is 3.92. The molecule has 6 heteroatoms. The molecule has 0 aliphatic carbocycles. The van der Waals surface area contributed by atoms with E-state index in [1.165, 1.54) is 17.3 Å². The van der Waals surface area contributed by atoms with Crippen molar-refractivity contribution < 1.29 is 4.79 Å². The summed E-state index contributed by atoms with van der Waals surface area (Å²) in [6.45, 7) is 6.99. The number of hydrogen-bond donors (Lipinski definition) is 0. The fourth-order valence-electron chi connectivity index (χ4n) is 2.82. The Kier molecular flexibility index (Phi) is 4.19. The fourth-order valence-corrected chi connectivity index (χ4v) is 2.82. The lowest BCUT2D eigenvalue weighted by Gasteiger charge is -2.55. The Morgan fingerprint density at radius 3 is 2.26 bits per heavy atom. The van der Waals surface area contributed by atoms with Gasteiger partial charge in [0.1, 0.15) is 12.7 Å². The Labute approximate surface area is 114 Å². The number of piperidine rings is 1. The number of nitrogens with zero attached hydrogens (tertiary/aromatic N) is 5. The standard InChI is InChI=1S/C11H17N5O.C2H6/c1-14-5-2-11(3-6-14)4-7-15(11)10(17)16-9-12-8-13-16;1-2/h8-9H,2-7H2,1H3;1-2H3. The Hall–Kier alpha value is -1.43. The van der Waals surface area contributed by atoms with E-state index in [-0.39, 0.29) is 11.6 Å². The van der Waals surface area contributed by atoms with Gasteiger partial charge in [0, 0.05) is 25.2 Å². The highest BCUT2D eigenvalue weighted by Gasteiger charge is 2.48. The molecule has 2 aliphatic rings. The third-order valence-corrected chi connectivity index (χ3v) is 4.14. The van der Waals surface area contributed by atoms with E-state index >= 15 is 0 Å². The summed E-state index contributed by atoms with van der Waals surface area (Å²) < 4.78 is 1.33. The third kappa shape index (κ3) is 2.49. The Morgan fingerprint density at radius 2 is 1.79 bits per heavy atom. The summed E-state index contributed by atoms with van der Waals surface area (Å²) >= 11 is 0. The molecule has 1 aromatic rings. The third-order valence-electron chi connectivity index (χ3n) is 4.14.